The second-order valence-electron chi connectivity index (χ2n) is 3.85. The lowest BCUT2D eigenvalue weighted by atomic mass is 10.1. The molecule has 0 saturated heterocycles. The van der Waals surface area contributed by atoms with Crippen LogP contribution < -0.4 is 15.8 Å². The molecule has 15 heavy (non-hydrogen) atoms. The Morgan fingerprint density at radius 3 is 3.13 bits per heavy atom. The maximum atomic E-state index is 11.0. The van der Waals surface area contributed by atoms with E-state index < -0.39 is 0 Å². The van der Waals surface area contributed by atoms with Crippen LogP contribution in [0.4, 0.5) is 5.69 Å². The van der Waals surface area contributed by atoms with Gasteiger partial charge in [0.05, 0.1) is 5.69 Å². The zero-order chi connectivity index (χ0) is 10.8. The first-order chi connectivity index (χ1) is 7.15. The third kappa shape index (κ3) is 2.27. The second kappa shape index (κ2) is 3.90. The number of carbonyl (C=O) groups is 1. The number of nitrogens with two attached hydrogens (primary N) is 1. The fraction of sp³-hybridized carbons (Fsp3) is 0.364. The summed E-state index contributed by atoms with van der Waals surface area (Å²) in [5.74, 6) is 0.621. The largest absolute Gasteiger partial charge is 0.482 e. The van der Waals surface area contributed by atoms with Gasteiger partial charge >= 0.3 is 0 Å². The van der Waals surface area contributed by atoms with Gasteiger partial charge in [-0.3, -0.25) is 4.79 Å². The second-order valence-corrected chi connectivity index (χ2v) is 3.85. The number of hydrogen-bond donors (Lipinski definition) is 2. The summed E-state index contributed by atoms with van der Waals surface area (Å²) in [5.41, 5.74) is 7.57. The molecule has 0 aliphatic carbocycles. The maximum absolute atomic E-state index is 11.0. The van der Waals surface area contributed by atoms with Crippen LogP contribution >= 0.6 is 0 Å². The predicted molar refractivity (Wildman–Crippen MR) is 57.9 cm³/mol. The Kier molecular flexibility index (Phi) is 2.60. The molecule has 0 aromatic heterocycles. The summed E-state index contributed by atoms with van der Waals surface area (Å²) < 4.78 is 5.31. The van der Waals surface area contributed by atoms with Crippen LogP contribution in [0.2, 0.25) is 0 Å². The smallest absolute Gasteiger partial charge is 0.262 e. The van der Waals surface area contributed by atoms with Crippen LogP contribution in [0.15, 0.2) is 18.2 Å². The van der Waals surface area contributed by atoms with Gasteiger partial charge in [0.15, 0.2) is 6.61 Å². The Bertz CT molecular complexity index is 388. The molecule has 0 radical (unpaired) electrons. The van der Waals surface area contributed by atoms with Crippen LogP contribution in [0.1, 0.15) is 12.5 Å². The van der Waals surface area contributed by atoms with E-state index in [9.17, 15) is 4.79 Å². The molecular weight excluding hydrogens is 192 g/mol. The molecule has 1 unspecified atom stereocenters. The van der Waals surface area contributed by atoms with Gasteiger partial charge in [0.1, 0.15) is 5.75 Å². The van der Waals surface area contributed by atoms with Crippen molar-refractivity contribution in [2.45, 2.75) is 19.4 Å². The topological polar surface area (TPSA) is 64.3 Å². The van der Waals surface area contributed by atoms with Crippen molar-refractivity contribution >= 4 is 11.6 Å². The van der Waals surface area contributed by atoms with Crippen molar-refractivity contribution in [2.24, 2.45) is 5.73 Å². The van der Waals surface area contributed by atoms with Gasteiger partial charge < -0.3 is 15.8 Å². The first kappa shape index (κ1) is 9.98. The quantitative estimate of drug-likeness (QED) is 0.755. The molecule has 1 atom stereocenters. The van der Waals surface area contributed by atoms with Crippen LogP contribution in [-0.2, 0) is 11.2 Å². The van der Waals surface area contributed by atoms with E-state index in [1.54, 1.807) is 0 Å². The Labute approximate surface area is 88.4 Å². The highest BCUT2D eigenvalue weighted by molar-refractivity contribution is 5.95. The predicted octanol–water partition coefficient (Wildman–Crippen LogP) is 0.907. The standard InChI is InChI=1S/C11H14N2O2/c1-7(12)4-8-2-3-9-10(5-8)15-6-11(14)13-9/h2-3,5,7H,4,6,12H2,1H3,(H,13,14). The van der Waals surface area contributed by atoms with Crippen LogP contribution in [0.5, 0.6) is 5.75 Å². The van der Waals surface area contributed by atoms with E-state index in [-0.39, 0.29) is 18.6 Å². The summed E-state index contributed by atoms with van der Waals surface area (Å²) in [4.78, 5) is 11.0. The minimum atomic E-state index is -0.109. The van der Waals surface area contributed by atoms with Gasteiger partial charge in [-0.05, 0) is 31.0 Å². The molecule has 0 saturated carbocycles. The average molecular weight is 206 g/mol. The first-order valence-electron chi connectivity index (χ1n) is 4.96. The van der Waals surface area contributed by atoms with Gasteiger partial charge in [0, 0.05) is 6.04 Å². The number of ether oxygens (including phenoxy) is 1. The van der Waals surface area contributed by atoms with Crippen molar-refractivity contribution < 1.29 is 9.53 Å². The molecule has 4 heteroatoms. The fourth-order valence-electron chi connectivity index (χ4n) is 1.62. The van der Waals surface area contributed by atoms with Crippen molar-refractivity contribution in [1.82, 2.24) is 0 Å². The summed E-state index contributed by atoms with van der Waals surface area (Å²) in [5, 5.41) is 2.75. The van der Waals surface area contributed by atoms with E-state index in [2.05, 4.69) is 5.32 Å². The van der Waals surface area contributed by atoms with E-state index in [4.69, 9.17) is 10.5 Å². The molecule has 4 nitrogen and oxygen atoms in total. The maximum Gasteiger partial charge on any atom is 0.262 e. The zero-order valence-corrected chi connectivity index (χ0v) is 8.62. The lowest BCUT2D eigenvalue weighted by molar-refractivity contribution is -0.118. The molecule has 0 fully saturated rings. The molecule has 0 spiro atoms. The van der Waals surface area contributed by atoms with Crippen LogP contribution in [0, 0.1) is 0 Å². The molecule has 80 valence electrons. The highest BCUT2D eigenvalue weighted by Crippen LogP contribution is 2.28. The van der Waals surface area contributed by atoms with Crippen LogP contribution in [0.3, 0.4) is 0 Å². The summed E-state index contributed by atoms with van der Waals surface area (Å²) in [6.45, 7) is 2.05. The SMILES string of the molecule is CC(N)Cc1ccc2c(c1)OCC(=O)N2. The molecule has 1 amide bonds. The zero-order valence-electron chi connectivity index (χ0n) is 8.62. The molecular formula is C11H14N2O2. The summed E-state index contributed by atoms with van der Waals surface area (Å²) in [6.07, 6.45) is 0.810. The molecule has 2 rings (SSSR count). The fourth-order valence-corrected chi connectivity index (χ4v) is 1.62. The van der Waals surface area contributed by atoms with Crippen LogP contribution in [-0.4, -0.2) is 18.6 Å². The molecule has 1 aliphatic heterocycles. The number of hydrogen-bond acceptors (Lipinski definition) is 3. The Morgan fingerprint density at radius 1 is 1.60 bits per heavy atom. The van der Waals surface area contributed by atoms with E-state index in [1.807, 2.05) is 25.1 Å². The van der Waals surface area contributed by atoms with Crippen molar-refractivity contribution in [3.05, 3.63) is 23.8 Å². The lowest BCUT2D eigenvalue weighted by Gasteiger charge is -2.18. The minimum absolute atomic E-state index is 0.0919. The van der Waals surface area contributed by atoms with Crippen molar-refractivity contribution in [3.8, 4) is 5.75 Å². The number of rotatable bonds is 2. The molecule has 3 N–H and O–H groups in total. The van der Waals surface area contributed by atoms with Crippen molar-refractivity contribution in [2.75, 3.05) is 11.9 Å². The number of nitrogens with one attached hydrogen (secondary N) is 1. The minimum Gasteiger partial charge on any atom is -0.482 e. The molecule has 1 aromatic rings. The highest BCUT2D eigenvalue weighted by Gasteiger charge is 2.15. The average Bonchev–Trinajstić information content (AvgIpc) is 2.17. The highest BCUT2D eigenvalue weighted by atomic mass is 16.5. The van der Waals surface area contributed by atoms with Crippen molar-refractivity contribution in [3.63, 3.8) is 0 Å². The third-order valence-electron chi connectivity index (χ3n) is 2.24. The Hall–Kier alpha value is -1.55. The number of anilines is 1. The number of amides is 1. The third-order valence-corrected chi connectivity index (χ3v) is 2.24. The molecule has 1 aromatic carbocycles. The van der Waals surface area contributed by atoms with Gasteiger partial charge in [-0.1, -0.05) is 6.07 Å². The van der Waals surface area contributed by atoms with Crippen molar-refractivity contribution in [1.29, 1.82) is 0 Å². The summed E-state index contributed by atoms with van der Waals surface area (Å²) in [6, 6.07) is 5.86. The summed E-state index contributed by atoms with van der Waals surface area (Å²) >= 11 is 0. The Morgan fingerprint density at radius 2 is 2.40 bits per heavy atom. The van der Waals surface area contributed by atoms with Gasteiger partial charge in [0.25, 0.3) is 5.91 Å². The number of carbonyl (C=O) groups excluding carboxylic acids is 1. The first-order valence-corrected chi connectivity index (χ1v) is 4.96. The van der Waals surface area contributed by atoms with Gasteiger partial charge in [-0.2, -0.15) is 0 Å². The number of benzene rings is 1. The molecule has 1 aliphatic rings. The molecule has 0 bridgehead atoms. The van der Waals surface area contributed by atoms with Gasteiger partial charge in [0.2, 0.25) is 0 Å². The Balaban J connectivity index is 2.23. The normalized spacial score (nSPS) is 16.3. The lowest BCUT2D eigenvalue weighted by Crippen LogP contribution is -2.25. The molecule has 1 heterocycles. The van der Waals surface area contributed by atoms with E-state index in [0.717, 1.165) is 23.4 Å². The van der Waals surface area contributed by atoms with E-state index in [0.29, 0.717) is 0 Å². The number of fused-ring (bicyclic) bond motifs is 1. The summed E-state index contributed by atoms with van der Waals surface area (Å²) in [7, 11) is 0. The van der Waals surface area contributed by atoms with Gasteiger partial charge in [-0.25, -0.2) is 0 Å². The van der Waals surface area contributed by atoms with Gasteiger partial charge in [-0.15, -0.1) is 0 Å². The van der Waals surface area contributed by atoms with Crippen LogP contribution in [0.25, 0.3) is 0 Å². The van der Waals surface area contributed by atoms with E-state index >= 15 is 0 Å². The monoisotopic (exact) mass is 206 g/mol. The van der Waals surface area contributed by atoms with E-state index in [1.165, 1.54) is 0 Å².